The molecule has 0 aliphatic heterocycles. The van der Waals surface area contributed by atoms with Crippen LogP contribution in [-0.2, 0) is 0 Å². The molecule has 0 saturated heterocycles. The minimum atomic E-state index is 0.114. The zero-order chi connectivity index (χ0) is 11.4. The van der Waals surface area contributed by atoms with Gasteiger partial charge >= 0.3 is 0 Å². The number of nitrogens with two attached hydrogens (primary N) is 1. The Bertz CT molecular complexity index is 398. The van der Waals surface area contributed by atoms with E-state index >= 15 is 0 Å². The lowest BCUT2D eigenvalue weighted by Gasteiger charge is -2.08. The number of amidine groups is 1. The predicted octanol–water partition coefficient (Wildman–Crippen LogP) is 1.47. The Balaban J connectivity index is 3.22. The molecule has 0 saturated carbocycles. The summed E-state index contributed by atoms with van der Waals surface area (Å²) in [6, 6.07) is 5.34. The molecule has 0 aliphatic rings. The summed E-state index contributed by atoms with van der Waals surface area (Å²) >= 11 is 5.76. The average molecular weight is 226 g/mol. The van der Waals surface area contributed by atoms with Gasteiger partial charge in [-0.25, -0.2) is 9.56 Å². The average Bonchev–Trinajstić information content (AvgIpc) is 2.18. The van der Waals surface area contributed by atoms with Crippen molar-refractivity contribution in [2.45, 2.75) is 19.9 Å². The van der Waals surface area contributed by atoms with Crippen molar-refractivity contribution in [1.82, 2.24) is 4.98 Å². The predicted molar refractivity (Wildman–Crippen MR) is 61.7 cm³/mol. The van der Waals surface area contributed by atoms with Crippen molar-refractivity contribution in [2.24, 2.45) is 5.73 Å². The number of halogens is 1. The number of aromatic nitrogens is 1. The van der Waals surface area contributed by atoms with E-state index < -0.39 is 0 Å². The Morgan fingerprint density at radius 3 is 2.73 bits per heavy atom. The number of nitrogens with one attached hydrogen (secondary N) is 1. The van der Waals surface area contributed by atoms with Crippen LogP contribution >= 0.6 is 11.6 Å². The highest BCUT2D eigenvalue weighted by atomic mass is 35.5. The van der Waals surface area contributed by atoms with Crippen molar-refractivity contribution in [1.29, 1.82) is 5.41 Å². The molecule has 5 heteroatoms. The molecule has 1 aromatic rings. The summed E-state index contributed by atoms with van der Waals surface area (Å²) in [5.41, 5.74) is 6.47. The maximum absolute atomic E-state index is 7.26. The van der Waals surface area contributed by atoms with E-state index in [1.807, 2.05) is 13.8 Å². The van der Waals surface area contributed by atoms with E-state index in [4.69, 9.17) is 22.7 Å². The molecule has 1 aromatic heterocycles. The Morgan fingerprint density at radius 2 is 2.27 bits per heavy atom. The number of hydrogen-bond donors (Lipinski definition) is 2. The van der Waals surface area contributed by atoms with Crippen LogP contribution in [0.3, 0.4) is 0 Å². The van der Waals surface area contributed by atoms with Crippen LogP contribution in [0.4, 0.5) is 0 Å². The highest BCUT2D eigenvalue weighted by molar-refractivity contribution is 6.29. The van der Waals surface area contributed by atoms with E-state index in [2.05, 4.69) is 4.98 Å². The lowest BCUT2D eigenvalue weighted by atomic mass is 10.3. The summed E-state index contributed by atoms with van der Waals surface area (Å²) in [6.07, 6.45) is 1.18. The zero-order valence-electron chi connectivity index (χ0n) is 8.74. The molecular weight excluding hydrogens is 212 g/mol. The van der Waals surface area contributed by atoms with E-state index in [9.17, 15) is 0 Å². The molecule has 0 aliphatic carbocycles. The van der Waals surface area contributed by atoms with Crippen molar-refractivity contribution >= 4 is 23.8 Å². The van der Waals surface area contributed by atoms with E-state index in [-0.39, 0.29) is 6.04 Å². The number of rotatable bonds is 3. The van der Waals surface area contributed by atoms with Crippen LogP contribution in [-0.4, -0.2) is 27.8 Å². The minimum Gasteiger partial charge on any atom is -0.317 e. The van der Waals surface area contributed by atoms with Crippen molar-refractivity contribution in [3.05, 3.63) is 29.0 Å². The second-order valence-corrected chi connectivity index (χ2v) is 3.75. The first kappa shape index (κ1) is 11.7. The minimum absolute atomic E-state index is 0.114. The molecule has 0 aromatic carbocycles. The molecule has 0 spiro atoms. The monoisotopic (exact) mass is 225 g/mol. The summed E-state index contributed by atoms with van der Waals surface area (Å²) in [4.78, 5) is 4.08. The highest BCUT2D eigenvalue weighted by Crippen LogP contribution is 2.05. The Labute approximate surface area is 93.9 Å². The maximum Gasteiger partial charge on any atom is 0.245 e. The number of hydrogen-bond acceptors (Lipinski definition) is 2. The van der Waals surface area contributed by atoms with Crippen LogP contribution in [0.25, 0.3) is 0 Å². The third-order valence-corrected chi connectivity index (χ3v) is 2.16. The smallest absolute Gasteiger partial charge is 0.245 e. The molecule has 0 unspecified atom stereocenters. The van der Waals surface area contributed by atoms with E-state index in [0.717, 1.165) is 0 Å². The van der Waals surface area contributed by atoms with Gasteiger partial charge in [0.05, 0.1) is 6.04 Å². The van der Waals surface area contributed by atoms with Crippen LogP contribution in [0, 0.1) is 5.41 Å². The van der Waals surface area contributed by atoms with Crippen LogP contribution in [0.1, 0.15) is 19.5 Å². The first-order chi connectivity index (χ1) is 7.06. The van der Waals surface area contributed by atoms with Gasteiger partial charge in [0, 0.05) is 0 Å². The summed E-state index contributed by atoms with van der Waals surface area (Å²) in [5, 5.41) is 7.66. The molecule has 15 heavy (non-hydrogen) atoms. The largest absolute Gasteiger partial charge is 0.317 e. The maximum atomic E-state index is 7.26. The third kappa shape index (κ3) is 2.76. The van der Waals surface area contributed by atoms with Crippen molar-refractivity contribution in [2.75, 3.05) is 0 Å². The lowest BCUT2D eigenvalue weighted by molar-refractivity contribution is -0.437. The molecule has 4 nitrogen and oxygen atoms in total. The van der Waals surface area contributed by atoms with Crippen LogP contribution in [0.5, 0.6) is 0 Å². The third-order valence-electron chi connectivity index (χ3n) is 1.95. The van der Waals surface area contributed by atoms with E-state index in [1.165, 1.54) is 6.34 Å². The number of pyridine rings is 1. The second-order valence-electron chi connectivity index (χ2n) is 3.36. The van der Waals surface area contributed by atoms with Crippen LogP contribution in [0.15, 0.2) is 18.2 Å². The van der Waals surface area contributed by atoms with Gasteiger partial charge in [-0.15, -0.1) is 0 Å². The standard InChI is InChI=1S/C10H13ClN4/c1-7(2)15(6-12)10(13)8-4-3-5-9(11)14-8/h3-7,12-13H,1-2H3/p+1. The van der Waals surface area contributed by atoms with Gasteiger partial charge in [-0.1, -0.05) is 17.7 Å². The SMILES string of the molecule is CC(C)[N+](C=N)=C(N)c1cccc(Cl)n1. The Morgan fingerprint density at radius 1 is 1.60 bits per heavy atom. The zero-order valence-corrected chi connectivity index (χ0v) is 9.49. The van der Waals surface area contributed by atoms with Crippen molar-refractivity contribution < 1.29 is 4.58 Å². The molecule has 0 bridgehead atoms. The Hall–Kier alpha value is -1.42. The fourth-order valence-electron chi connectivity index (χ4n) is 1.18. The van der Waals surface area contributed by atoms with Gasteiger partial charge in [-0.2, -0.15) is 5.41 Å². The second kappa shape index (κ2) is 4.89. The first-order valence-corrected chi connectivity index (χ1v) is 4.98. The van der Waals surface area contributed by atoms with Gasteiger partial charge in [-0.3, -0.25) is 0 Å². The topological polar surface area (TPSA) is 65.8 Å². The molecule has 80 valence electrons. The van der Waals surface area contributed by atoms with Gasteiger partial charge in [0.25, 0.3) is 0 Å². The molecular formula is C10H14ClN4+. The van der Waals surface area contributed by atoms with Gasteiger partial charge in [-0.05, 0) is 26.0 Å². The lowest BCUT2D eigenvalue weighted by Crippen LogP contribution is -2.33. The molecule has 0 atom stereocenters. The first-order valence-electron chi connectivity index (χ1n) is 4.60. The van der Waals surface area contributed by atoms with Crippen LogP contribution < -0.4 is 5.73 Å². The molecule has 0 amide bonds. The summed E-state index contributed by atoms with van der Waals surface area (Å²) in [6.45, 7) is 3.89. The molecule has 1 rings (SSSR count). The van der Waals surface area contributed by atoms with E-state index in [1.54, 1.807) is 22.8 Å². The van der Waals surface area contributed by atoms with Gasteiger partial charge in [0.15, 0.2) is 0 Å². The van der Waals surface area contributed by atoms with Gasteiger partial charge in [0.2, 0.25) is 12.2 Å². The summed E-state index contributed by atoms with van der Waals surface area (Å²) in [7, 11) is 0. The fourth-order valence-corrected chi connectivity index (χ4v) is 1.34. The normalized spacial score (nSPS) is 12.5. The quantitative estimate of drug-likeness (QED) is 0.354. The Kier molecular flexibility index (Phi) is 3.80. The van der Waals surface area contributed by atoms with Crippen molar-refractivity contribution in [3.8, 4) is 0 Å². The summed E-state index contributed by atoms with van der Waals surface area (Å²) in [5.74, 6) is 0.433. The van der Waals surface area contributed by atoms with Crippen molar-refractivity contribution in [3.63, 3.8) is 0 Å². The molecule has 3 N–H and O–H groups in total. The molecule has 0 fully saturated rings. The summed E-state index contributed by atoms with van der Waals surface area (Å²) < 4.78 is 1.62. The number of nitrogens with zero attached hydrogens (tertiary/aromatic N) is 2. The molecule has 1 heterocycles. The van der Waals surface area contributed by atoms with Gasteiger partial charge < -0.3 is 5.73 Å². The van der Waals surface area contributed by atoms with Crippen LogP contribution in [0.2, 0.25) is 5.15 Å². The van der Waals surface area contributed by atoms with Gasteiger partial charge in [0.1, 0.15) is 10.8 Å². The fraction of sp³-hybridized carbons (Fsp3) is 0.300. The molecule has 0 radical (unpaired) electrons. The van der Waals surface area contributed by atoms with E-state index in [0.29, 0.717) is 16.7 Å². The highest BCUT2D eigenvalue weighted by Gasteiger charge is 2.12.